The van der Waals surface area contributed by atoms with Crippen LogP contribution >= 0.6 is 0 Å². The van der Waals surface area contributed by atoms with Crippen LogP contribution in [0.3, 0.4) is 0 Å². The minimum atomic E-state index is 0.292. The van der Waals surface area contributed by atoms with Crippen molar-refractivity contribution in [1.82, 2.24) is 4.98 Å². The van der Waals surface area contributed by atoms with Gasteiger partial charge in [0, 0.05) is 18.2 Å². The molecule has 1 aromatic heterocycles. The summed E-state index contributed by atoms with van der Waals surface area (Å²) >= 11 is 0. The second-order valence-corrected chi connectivity index (χ2v) is 7.98. The number of nitrogens with zero attached hydrogens (tertiary/aromatic N) is 2. The van der Waals surface area contributed by atoms with Gasteiger partial charge in [0.2, 0.25) is 0 Å². The summed E-state index contributed by atoms with van der Waals surface area (Å²) in [5.74, 6) is 2.68. The zero-order valence-corrected chi connectivity index (χ0v) is 16.2. The van der Waals surface area contributed by atoms with E-state index in [1.807, 2.05) is 30.5 Å². The van der Waals surface area contributed by atoms with Gasteiger partial charge in [-0.2, -0.15) is 0 Å². The minimum Gasteiger partial charge on any atom is -0.483 e. The van der Waals surface area contributed by atoms with Gasteiger partial charge in [-0.3, -0.25) is 4.99 Å². The Balaban J connectivity index is 1.53. The summed E-state index contributed by atoms with van der Waals surface area (Å²) in [6, 6.07) is 12.5. The molecule has 1 fully saturated rings. The molecule has 4 heteroatoms. The molecule has 1 saturated carbocycles. The highest BCUT2D eigenvalue weighted by Gasteiger charge is 2.24. The molecule has 4 nitrogen and oxygen atoms in total. The molecule has 27 heavy (non-hydrogen) atoms. The Morgan fingerprint density at radius 1 is 1.11 bits per heavy atom. The van der Waals surface area contributed by atoms with E-state index in [0.717, 1.165) is 35.6 Å². The Labute approximate surface area is 161 Å². The number of benzene rings is 1. The molecule has 0 saturated heterocycles. The van der Waals surface area contributed by atoms with Crippen LogP contribution in [0, 0.1) is 11.8 Å². The standard InChI is InChI=1S/C23H28N2O2/c1-16(2)20-13-21-19(14-24-20)12-22(27-15-18-6-4-3-5-7-18)23(25-21)26-11-10-17-8-9-17/h3-7,12,14,16-17,20H,8-11,13,15H2,1-2H3. The average Bonchev–Trinajstić information content (AvgIpc) is 3.51. The van der Waals surface area contributed by atoms with Crippen LogP contribution in [0.15, 0.2) is 41.4 Å². The highest BCUT2D eigenvalue weighted by Crippen LogP contribution is 2.34. The van der Waals surface area contributed by atoms with E-state index in [9.17, 15) is 0 Å². The van der Waals surface area contributed by atoms with Gasteiger partial charge in [-0.15, -0.1) is 0 Å². The molecule has 2 aliphatic rings. The van der Waals surface area contributed by atoms with Crippen LogP contribution in [-0.4, -0.2) is 23.8 Å². The van der Waals surface area contributed by atoms with Gasteiger partial charge >= 0.3 is 0 Å². The van der Waals surface area contributed by atoms with Crippen molar-refractivity contribution >= 4 is 6.21 Å². The summed E-state index contributed by atoms with van der Waals surface area (Å²) < 4.78 is 12.1. The lowest BCUT2D eigenvalue weighted by molar-refractivity contribution is 0.246. The van der Waals surface area contributed by atoms with E-state index in [4.69, 9.17) is 19.5 Å². The highest BCUT2D eigenvalue weighted by molar-refractivity contribution is 5.83. The maximum Gasteiger partial charge on any atom is 0.257 e. The van der Waals surface area contributed by atoms with Gasteiger partial charge in [0.1, 0.15) is 6.61 Å². The first-order valence-corrected chi connectivity index (χ1v) is 10.1. The van der Waals surface area contributed by atoms with Gasteiger partial charge in [-0.1, -0.05) is 57.0 Å². The van der Waals surface area contributed by atoms with Crippen molar-refractivity contribution in [2.24, 2.45) is 16.8 Å². The van der Waals surface area contributed by atoms with Crippen molar-refractivity contribution in [3.63, 3.8) is 0 Å². The number of fused-ring (bicyclic) bond motifs is 1. The first kappa shape index (κ1) is 18.0. The fourth-order valence-corrected chi connectivity index (χ4v) is 3.31. The van der Waals surface area contributed by atoms with Crippen LogP contribution in [0.5, 0.6) is 11.6 Å². The van der Waals surface area contributed by atoms with Crippen LogP contribution in [-0.2, 0) is 13.0 Å². The largest absolute Gasteiger partial charge is 0.483 e. The van der Waals surface area contributed by atoms with E-state index in [0.29, 0.717) is 36.8 Å². The van der Waals surface area contributed by atoms with Crippen molar-refractivity contribution in [3.05, 3.63) is 53.2 Å². The molecule has 1 atom stereocenters. The molecule has 0 spiro atoms. The van der Waals surface area contributed by atoms with Crippen molar-refractivity contribution in [3.8, 4) is 11.6 Å². The zero-order valence-electron chi connectivity index (χ0n) is 16.2. The number of aromatic nitrogens is 1. The summed E-state index contributed by atoms with van der Waals surface area (Å²) in [6.07, 6.45) is 6.59. The van der Waals surface area contributed by atoms with Crippen LogP contribution < -0.4 is 9.47 Å². The third-order valence-corrected chi connectivity index (χ3v) is 5.34. The number of rotatable bonds is 8. The lowest BCUT2D eigenvalue weighted by Gasteiger charge is -2.22. The lowest BCUT2D eigenvalue weighted by atomic mass is 9.95. The molecule has 0 amide bonds. The van der Waals surface area contributed by atoms with Gasteiger partial charge in [-0.25, -0.2) is 4.98 Å². The molecule has 2 heterocycles. The first-order chi connectivity index (χ1) is 13.2. The molecule has 0 bridgehead atoms. The lowest BCUT2D eigenvalue weighted by Crippen LogP contribution is -2.22. The molecule has 0 N–H and O–H groups in total. The molecule has 142 valence electrons. The number of hydrogen-bond acceptors (Lipinski definition) is 4. The maximum absolute atomic E-state index is 6.09. The zero-order chi connectivity index (χ0) is 18.6. The molecule has 4 rings (SSSR count). The van der Waals surface area contributed by atoms with E-state index in [-0.39, 0.29) is 0 Å². The average molecular weight is 364 g/mol. The molecular formula is C23H28N2O2. The molecule has 1 unspecified atom stereocenters. The molecule has 0 radical (unpaired) electrons. The summed E-state index contributed by atoms with van der Waals surface area (Å²) in [5, 5.41) is 0. The summed E-state index contributed by atoms with van der Waals surface area (Å²) in [4.78, 5) is 9.53. The van der Waals surface area contributed by atoms with Gasteiger partial charge in [0.05, 0.1) is 18.3 Å². The second-order valence-electron chi connectivity index (χ2n) is 7.98. The third kappa shape index (κ3) is 4.68. The summed E-state index contributed by atoms with van der Waals surface area (Å²) in [7, 11) is 0. The predicted octanol–water partition coefficient (Wildman–Crippen LogP) is 4.84. The van der Waals surface area contributed by atoms with Crippen molar-refractivity contribution < 1.29 is 9.47 Å². The van der Waals surface area contributed by atoms with Crippen LogP contribution in [0.4, 0.5) is 0 Å². The Kier molecular flexibility index (Phi) is 5.42. The monoisotopic (exact) mass is 364 g/mol. The smallest absolute Gasteiger partial charge is 0.257 e. The quantitative estimate of drug-likeness (QED) is 0.673. The third-order valence-electron chi connectivity index (χ3n) is 5.34. The maximum atomic E-state index is 6.09. The summed E-state index contributed by atoms with van der Waals surface area (Å²) in [6.45, 7) is 5.63. The number of ether oxygens (including phenoxy) is 2. The van der Waals surface area contributed by atoms with E-state index >= 15 is 0 Å². The highest BCUT2D eigenvalue weighted by atomic mass is 16.5. The van der Waals surface area contributed by atoms with Gasteiger partial charge in [0.25, 0.3) is 5.88 Å². The Hall–Kier alpha value is -2.36. The van der Waals surface area contributed by atoms with Crippen LogP contribution in [0.25, 0.3) is 0 Å². The minimum absolute atomic E-state index is 0.292. The first-order valence-electron chi connectivity index (χ1n) is 10.1. The topological polar surface area (TPSA) is 43.7 Å². The van der Waals surface area contributed by atoms with Crippen LogP contribution in [0.1, 0.15) is 49.9 Å². The van der Waals surface area contributed by atoms with Crippen molar-refractivity contribution in [1.29, 1.82) is 0 Å². The molecular weight excluding hydrogens is 336 g/mol. The predicted molar refractivity (Wildman–Crippen MR) is 108 cm³/mol. The van der Waals surface area contributed by atoms with E-state index < -0.39 is 0 Å². The van der Waals surface area contributed by atoms with E-state index in [1.54, 1.807) is 0 Å². The second kappa shape index (κ2) is 8.12. The fourth-order valence-electron chi connectivity index (χ4n) is 3.31. The molecule has 1 aromatic carbocycles. The summed E-state index contributed by atoms with van der Waals surface area (Å²) in [5.41, 5.74) is 3.24. The molecule has 2 aromatic rings. The Morgan fingerprint density at radius 3 is 2.67 bits per heavy atom. The Bertz CT molecular complexity index is 798. The van der Waals surface area contributed by atoms with Crippen molar-refractivity contribution in [2.45, 2.75) is 52.2 Å². The van der Waals surface area contributed by atoms with Crippen LogP contribution in [0.2, 0.25) is 0 Å². The van der Waals surface area contributed by atoms with E-state index in [1.165, 1.54) is 12.8 Å². The van der Waals surface area contributed by atoms with Gasteiger partial charge < -0.3 is 9.47 Å². The van der Waals surface area contributed by atoms with Gasteiger partial charge in [-0.05, 0) is 29.9 Å². The number of pyridine rings is 1. The number of hydrogen-bond donors (Lipinski definition) is 0. The normalized spacial score (nSPS) is 18.4. The molecule has 1 aliphatic carbocycles. The fraction of sp³-hybridized carbons (Fsp3) is 0.478. The van der Waals surface area contributed by atoms with Gasteiger partial charge in [0.15, 0.2) is 5.75 Å². The van der Waals surface area contributed by atoms with E-state index in [2.05, 4.69) is 26.0 Å². The van der Waals surface area contributed by atoms with Crippen molar-refractivity contribution in [2.75, 3.05) is 6.61 Å². The SMILES string of the molecule is CC(C)C1Cc2nc(OCCC3CC3)c(OCc3ccccc3)cc2C=N1. The molecule has 1 aliphatic heterocycles. The number of aliphatic imine (C=N–C) groups is 1. The Morgan fingerprint density at radius 2 is 1.93 bits per heavy atom.